The van der Waals surface area contributed by atoms with Crippen LogP contribution in [0.4, 0.5) is 0 Å². The van der Waals surface area contributed by atoms with Gasteiger partial charge in [-0.2, -0.15) is 0 Å². The van der Waals surface area contributed by atoms with E-state index in [1.165, 1.54) is 35.3 Å². The molecule has 1 saturated carbocycles. The van der Waals surface area contributed by atoms with Crippen LogP contribution in [0, 0.1) is 19.8 Å². The SMILES string of the molecule is Cc1ccc([C@@H](NC(=O)CCCn2c(C)csc2=O)C2CC2)cc1. The third-order valence-electron chi connectivity index (χ3n) is 4.61. The fraction of sp³-hybridized carbons (Fsp3) is 0.474. The number of hydrogen-bond donors (Lipinski definition) is 1. The molecular formula is C19H24N2O2S. The number of hydrogen-bond acceptors (Lipinski definition) is 3. The number of aromatic nitrogens is 1. The number of aryl methyl sites for hydroxylation is 2. The highest BCUT2D eigenvalue weighted by Gasteiger charge is 2.33. The third kappa shape index (κ3) is 4.15. The number of carbonyl (C=O) groups excluding carboxylic acids is 1. The van der Waals surface area contributed by atoms with Crippen LogP contribution in [-0.2, 0) is 11.3 Å². The first-order valence-electron chi connectivity index (χ1n) is 8.55. The van der Waals surface area contributed by atoms with Gasteiger partial charge in [-0.25, -0.2) is 0 Å². The van der Waals surface area contributed by atoms with Crippen LogP contribution in [0.2, 0.25) is 0 Å². The summed E-state index contributed by atoms with van der Waals surface area (Å²) in [5.74, 6) is 0.645. The van der Waals surface area contributed by atoms with Gasteiger partial charge < -0.3 is 9.88 Å². The molecule has 0 saturated heterocycles. The Kier molecular flexibility index (Phi) is 5.19. The zero-order valence-electron chi connectivity index (χ0n) is 14.2. The summed E-state index contributed by atoms with van der Waals surface area (Å²) in [5, 5.41) is 5.06. The number of amides is 1. The minimum Gasteiger partial charge on any atom is -0.349 e. The van der Waals surface area contributed by atoms with Crippen molar-refractivity contribution in [2.45, 2.75) is 52.1 Å². The molecular weight excluding hydrogens is 320 g/mol. The summed E-state index contributed by atoms with van der Waals surface area (Å²) in [7, 11) is 0. The highest BCUT2D eigenvalue weighted by atomic mass is 32.1. The standard InChI is InChI=1S/C19H24N2O2S/c1-13-5-7-15(8-6-13)18(16-9-10-16)20-17(22)4-3-11-21-14(2)12-24-19(21)23/h5-8,12,16,18H,3-4,9-11H2,1-2H3,(H,20,22)/t18-/m1/s1. The number of nitrogens with zero attached hydrogens (tertiary/aromatic N) is 1. The minimum absolute atomic E-state index is 0.0587. The van der Waals surface area contributed by atoms with Crippen LogP contribution in [0.25, 0.3) is 0 Å². The summed E-state index contributed by atoms with van der Waals surface area (Å²) in [6.45, 7) is 4.61. The normalized spacial score (nSPS) is 15.2. The van der Waals surface area contributed by atoms with Crippen molar-refractivity contribution in [2.75, 3.05) is 0 Å². The molecule has 128 valence electrons. The van der Waals surface area contributed by atoms with Crippen molar-refractivity contribution < 1.29 is 4.79 Å². The van der Waals surface area contributed by atoms with Crippen LogP contribution in [0.3, 0.4) is 0 Å². The van der Waals surface area contributed by atoms with Crippen molar-refractivity contribution >= 4 is 17.2 Å². The number of rotatable bonds is 7. The summed E-state index contributed by atoms with van der Waals surface area (Å²) >= 11 is 1.22. The highest BCUT2D eigenvalue weighted by Crippen LogP contribution is 2.41. The average molecular weight is 344 g/mol. The molecule has 0 aliphatic heterocycles. The Morgan fingerprint density at radius 2 is 2.00 bits per heavy atom. The topological polar surface area (TPSA) is 51.1 Å². The molecule has 3 rings (SSSR count). The van der Waals surface area contributed by atoms with Crippen LogP contribution in [0.5, 0.6) is 0 Å². The van der Waals surface area contributed by atoms with Crippen molar-refractivity contribution in [3.63, 3.8) is 0 Å². The van der Waals surface area contributed by atoms with Gasteiger partial charge in [-0.3, -0.25) is 9.59 Å². The average Bonchev–Trinajstić information content (AvgIpc) is 3.35. The molecule has 2 aromatic rings. The lowest BCUT2D eigenvalue weighted by atomic mass is 10.0. The molecule has 1 N–H and O–H groups in total. The number of thiazole rings is 1. The van der Waals surface area contributed by atoms with E-state index >= 15 is 0 Å². The summed E-state index contributed by atoms with van der Waals surface area (Å²) in [4.78, 5) is 24.1. The zero-order chi connectivity index (χ0) is 17.1. The first kappa shape index (κ1) is 17.0. The molecule has 0 radical (unpaired) electrons. The van der Waals surface area contributed by atoms with Crippen molar-refractivity contribution in [1.29, 1.82) is 0 Å². The van der Waals surface area contributed by atoms with E-state index in [0.717, 1.165) is 5.69 Å². The predicted octanol–water partition coefficient (Wildman–Crippen LogP) is 3.57. The molecule has 5 heteroatoms. The smallest absolute Gasteiger partial charge is 0.307 e. The molecule has 1 heterocycles. The van der Waals surface area contributed by atoms with Gasteiger partial charge in [0.05, 0.1) is 6.04 Å². The Balaban J connectivity index is 1.54. The molecule has 0 spiro atoms. The monoisotopic (exact) mass is 344 g/mol. The maximum absolute atomic E-state index is 12.3. The van der Waals surface area contributed by atoms with Gasteiger partial charge in [0, 0.05) is 24.0 Å². The first-order valence-corrected chi connectivity index (χ1v) is 9.43. The van der Waals surface area contributed by atoms with Crippen LogP contribution < -0.4 is 10.2 Å². The maximum Gasteiger partial charge on any atom is 0.307 e. The molecule has 1 fully saturated rings. The van der Waals surface area contributed by atoms with Gasteiger partial charge >= 0.3 is 4.87 Å². The Bertz CT molecular complexity index is 756. The van der Waals surface area contributed by atoms with Crippen LogP contribution in [-0.4, -0.2) is 10.5 Å². The zero-order valence-corrected chi connectivity index (χ0v) is 15.1. The van der Waals surface area contributed by atoms with Gasteiger partial charge in [0.15, 0.2) is 0 Å². The van der Waals surface area contributed by atoms with Crippen molar-refractivity contribution in [3.05, 3.63) is 56.1 Å². The van der Waals surface area contributed by atoms with Crippen molar-refractivity contribution in [3.8, 4) is 0 Å². The molecule has 1 amide bonds. The van der Waals surface area contributed by atoms with Crippen LogP contribution >= 0.6 is 11.3 Å². The Labute approximate surface area is 146 Å². The molecule has 1 aliphatic rings. The Hall–Kier alpha value is -1.88. The lowest BCUT2D eigenvalue weighted by Gasteiger charge is -2.19. The largest absolute Gasteiger partial charge is 0.349 e. The lowest BCUT2D eigenvalue weighted by molar-refractivity contribution is -0.122. The first-order chi connectivity index (χ1) is 11.5. The molecule has 1 aliphatic carbocycles. The lowest BCUT2D eigenvalue weighted by Crippen LogP contribution is -2.30. The van der Waals surface area contributed by atoms with Gasteiger partial charge in [-0.05, 0) is 44.6 Å². The number of nitrogens with one attached hydrogen (secondary N) is 1. The van der Waals surface area contributed by atoms with E-state index in [1.807, 2.05) is 12.3 Å². The van der Waals surface area contributed by atoms with Gasteiger partial charge in [-0.1, -0.05) is 41.2 Å². The minimum atomic E-state index is 0.0587. The van der Waals surface area contributed by atoms with E-state index in [0.29, 0.717) is 25.3 Å². The van der Waals surface area contributed by atoms with E-state index in [4.69, 9.17) is 0 Å². The predicted molar refractivity (Wildman–Crippen MR) is 97.3 cm³/mol. The van der Waals surface area contributed by atoms with Gasteiger partial charge in [0.1, 0.15) is 0 Å². The molecule has 24 heavy (non-hydrogen) atoms. The van der Waals surface area contributed by atoms with E-state index in [-0.39, 0.29) is 16.8 Å². The second-order valence-electron chi connectivity index (χ2n) is 6.69. The molecule has 1 atom stereocenters. The summed E-state index contributed by atoms with van der Waals surface area (Å²) in [5.41, 5.74) is 3.40. The van der Waals surface area contributed by atoms with E-state index in [9.17, 15) is 9.59 Å². The third-order valence-corrected chi connectivity index (χ3v) is 5.49. The fourth-order valence-corrected chi connectivity index (χ4v) is 3.76. The molecule has 1 aromatic heterocycles. The Morgan fingerprint density at radius 1 is 1.29 bits per heavy atom. The number of benzene rings is 1. The van der Waals surface area contributed by atoms with E-state index in [1.54, 1.807) is 4.57 Å². The van der Waals surface area contributed by atoms with Crippen LogP contribution in [0.1, 0.15) is 48.5 Å². The van der Waals surface area contributed by atoms with Gasteiger partial charge in [0.2, 0.25) is 5.91 Å². The summed E-state index contributed by atoms with van der Waals surface area (Å²) in [6, 6.07) is 8.56. The molecule has 4 nitrogen and oxygen atoms in total. The van der Waals surface area contributed by atoms with Crippen LogP contribution in [0.15, 0.2) is 34.4 Å². The summed E-state index contributed by atoms with van der Waals surface area (Å²) in [6.07, 6.45) is 3.51. The maximum atomic E-state index is 12.3. The Morgan fingerprint density at radius 3 is 2.58 bits per heavy atom. The molecule has 0 bridgehead atoms. The van der Waals surface area contributed by atoms with Crippen molar-refractivity contribution in [2.24, 2.45) is 5.92 Å². The highest BCUT2D eigenvalue weighted by molar-refractivity contribution is 7.07. The second-order valence-corrected chi connectivity index (χ2v) is 7.51. The fourth-order valence-electron chi connectivity index (χ4n) is 2.99. The van der Waals surface area contributed by atoms with Crippen molar-refractivity contribution in [1.82, 2.24) is 9.88 Å². The van der Waals surface area contributed by atoms with E-state index < -0.39 is 0 Å². The second kappa shape index (κ2) is 7.34. The molecule has 1 aromatic carbocycles. The number of carbonyl (C=O) groups is 1. The van der Waals surface area contributed by atoms with E-state index in [2.05, 4.69) is 36.5 Å². The van der Waals surface area contributed by atoms with Gasteiger partial charge in [-0.15, -0.1) is 0 Å². The molecule has 0 unspecified atom stereocenters. The summed E-state index contributed by atoms with van der Waals surface area (Å²) < 4.78 is 1.75. The quantitative estimate of drug-likeness (QED) is 0.835. The van der Waals surface area contributed by atoms with Gasteiger partial charge in [0.25, 0.3) is 0 Å².